The number of carbonyl (C=O) groups excluding carboxylic acids is 1. The van der Waals surface area contributed by atoms with Gasteiger partial charge in [0, 0.05) is 6.42 Å². The third kappa shape index (κ3) is 6.94. The Hall–Kier alpha value is -1.06. The largest absolute Gasteiger partial charge is 0.480 e. The summed E-state index contributed by atoms with van der Waals surface area (Å²) in [6, 6.07) is -0.753. The molecule has 1 amide bonds. The Kier molecular flexibility index (Phi) is 5.97. The highest BCUT2D eigenvalue weighted by Gasteiger charge is 2.20. The molecule has 0 aliphatic carbocycles. The van der Waals surface area contributed by atoms with E-state index in [9.17, 15) is 9.59 Å². The van der Waals surface area contributed by atoms with Crippen LogP contribution in [0.3, 0.4) is 0 Å². The van der Waals surface area contributed by atoms with E-state index in [1.807, 2.05) is 27.7 Å². The van der Waals surface area contributed by atoms with Crippen molar-refractivity contribution < 1.29 is 14.7 Å². The summed E-state index contributed by atoms with van der Waals surface area (Å²) in [6.45, 7) is 7.73. The van der Waals surface area contributed by atoms with Gasteiger partial charge in [-0.3, -0.25) is 4.79 Å². The number of amides is 1. The van der Waals surface area contributed by atoms with Crippen molar-refractivity contribution in [2.45, 2.75) is 46.6 Å². The molecule has 0 fully saturated rings. The van der Waals surface area contributed by atoms with Crippen molar-refractivity contribution in [1.82, 2.24) is 5.32 Å². The molecule has 4 nitrogen and oxygen atoms in total. The molecule has 0 unspecified atom stereocenters. The highest BCUT2D eigenvalue weighted by Crippen LogP contribution is 2.06. The van der Waals surface area contributed by atoms with Crippen molar-refractivity contribution in [3.05, 3.63) is 0 Å². The second kappa shape index (κ2) is 6.43. The number of carboxylic acids is 1. The Labute approximate surface area is 91.1 Å². The molecule has 0 rings (SSSR count). The van der Waals surface area contributed by atoms with E-state index in [1.165, 1.54) is 0 Å². The molecule has 0 aromatic heterocycles. The van der Waals surface area contributed by atoms with Crippen molar-refractivity contribution in [3.8, 4) is 0 Å². The van der Waals surface area contributed by atoms with Gasteiger partial charge in [0.15, 0.2) is 0 Å². The topological polar surface area (TPSA) is 66.4 Å². The fourth-order valence-electron chi connectivity index (χ4n) is 1.32. The van der Waals surface area contributed by atoms with E-state index >= 15 is 0 Å². The number of hydrogen-bond acceptors (Lipinski definition) is 2. The van der Waals surface area contributed by atoms with Gasteiger partial charge in [0.1, 0.15) is 6.04 Å². The highest BCUT2D eigenvalue weighted by atomic mass is 16.4. The third-order valence-electron chi connectivity index (χ3n) is 1.93. The van der Waals surface area contributed by atoms with Gasteiger partial charge in [-0.1, -0.05) is 27.7 Å². The summed E-state index contributed by atoms with van der Waals surface area (Å²) in [4.78, 5) is 22.2. The van der Waals surface area contributed by atoms with E-state index in [-0.39, 0.29) is 17.7 Å². The molecule has 88 valence electrons. The maximum atomic E-state index is 11.4. The monoisotopic (exact) mass is 215 g/mol. The SMILES string of the molecule is CC(C)CC(=O)N[C@@H](CC(C)C)C(=O)O. The minimum atomic E-state index is -0.958. The van der Waals surface area contributed by atoms with Crippen LogP contribution in [0.5, 0.6) is 0 Å². The van der Waals surface area contributed by atoms with Crippen LogP contribution in [-0.4, -0.2) is 23.0 Å². The Morgan fingerprint density at radius 3 is 2.00 bits per heavy atom. The van der Waals surface area contributed by atoms with Gasteiger partial charge in [0.25, 0.3) is 0 Å². The van der Waals surface area contributed by atoms with E-state index in [0.29, 0.717) is 12.8 Å². The summed E-state index contributed by atoms with van der Waals surface area (Å²) in [5.74, 6) is -0.636. The Bertz CT molecular complexity index is 224. The summed E-state index contributed by atoms with van der Waals surface area (Å²) in [7, 11) is 0. The van der Waals surface area contributed by atoms with Crippen LogP contribution in [0.2, 0.25) is 0 Å². The van der Waals surface area contributed by atoms with Crippen molar-refractivity contribution in [3.63, 3.8) is 0 Å². The number of carboxylic acid groups (broad SMARTS) is 1. The van der Waals surface area contributed by atoms with Crippen LogP contribution in [0.1, 0.15) is 40.5 Å². The molecular weight excluding hydrogens is 194 g/mol. The van der Waals surface area contributed by atoms with Gasteiger partial charge in [-0.05, 0) is 18.3 Å². The van der Waals surface area contributed by atoms with Crippen molar-refractivity contribution in [2.75, 3.05) is 0 Å². The summed E-state index contributed by atoms with van der Waals surface area (Å²) in [5, 5.41) is 11.4. The zero-order chi connectivity index (χ0) is 12.0. The van der Waals surface area contributed by atoms with Gasteiger partial charge in [0.2, 0.25) is 5.91 Å². The first-order chi connectivity index (χ1) is 6.82. The van der Waals surface area contributed by atoms with Crippen LogP contribution >= 0.6 is 0 Å². The lowest BCUT2D eigenvalue weighted by atomic mass is 10.0. The van der Waals surface area contributed by atoms with Gasteiger partial charge in [0.05, 0.1) is 0 Å². The molecule has 0 saturated heterocycles. The number of aliphatic carboxylic acids is 1. The molecule has 0 heterocycles. The van der Waals surface area contributed by atoms with Crippen LogP contribution < -0.4 is 5.32 Å². The molecule has 0 aromatic rings. The summed E-state index contributed by atoms with van der Waals surface area (Å²) in [5.41, 5.74) is 0. The first-order valence-electron chi connectivity index (χ1n) is 5.35. The molecule has 1 atom stereocenters. The molecule has 4 heteroatoms. The normalized spacial score (nSPS) is 12.9. The van der Waals surface area contributed by atoms with Gasteiger partial charge in [-0.25, -0.2) is 4.79 Å². The molecule has 0 radical (unpaired) electrons. The van der Waals surface area contributed by atoms with Crippen molar-refractivity contribution >= 4 is 11.9 Å². The predicted octanol–water partition coefficient (Wildman–Crippen LogP) is 1.65. The van der Waals surface area contributed by atoms with E-state index in [0.717, 1.165) is 0 Å². The minimum Gasteiger partial charge on any atom is -0.480 e. The molecule has 0 saturated carbocycles. The molecule has 0 bridgehead atoms. The fraction of sp³-hybridized carbons (Fsp3) is 0.818. The van der Waals surface area contributed by atoms with E-state index in [2.05, 4.69) is 5.32 Å². The molecular formula is C11H21NO3. The van der Waals surface area contributed by atoms with Crippen LogP contribution in [0, 0.1) is 11.8 Å². The maximum Gasteiger partial charge on any atom is 0.326 e. The van der Waals surface area contributed by atoms with Gasteiger partial charge in [-0.15, -0.1) is 0 Å². The smallest absolute Gasteiger partial charge is 0.326 e. The summed E-state index contributed by atoms with van der Waals surface area (Å²) in [6.07, 6.45) is 0.848. The first-order valence-corrected chi connectivity index (χ1v) is 5.35. The molecule has 0 aromatic carbocycles. The van der Waals surface area contributed by atoms with Crippen LogP contribution in [0.15, 0.2) is 0 Å². The summed E-state index contributed by atoms with van der Waals surface area (Å²) >= 11 is 0. The van der Waals surface area contributed by atoms with Gasteiger partial charge >= 0.3 is 5.97 Å². The minimum absolute atomic E-state index is 0.182. The Morgan fingerprint density at radius 2 is 1.67 bits per heavy atom. The maximum absolute atomic E-state index is 11.4. The number of hydrogen-bond donors (Lipinski definition) is 2. The van der Waals surface area contributed by atoms with Gasteiger partial charge < -0.3 is 10.4 Å². The number of carbonyl (C=O) groups is 2. The average molecular weight is 215 g/mol. The van der Waals surface area contributed by atoms with Gasteiger partial charge in [-0.2, -0.15) is 0 Å². The second-order valence-corrected chi connectivity index (χ2v) is 4.69. The summed E-state index contributed by atoms with van der Waals surface area (Å²) < 4.78 is 0. The first kappa shape index (κ1) is 13.9. The van der Waals surface area contributed by atoms with Crippen LogP contribution in [-0.2, 0) is 9.59 Å². The molecule has 0 aliphatic heterocycles. The van der Waals surface area contributed by atoms with E-state index < -0.39 is 12.0 Å². The Balaban J connectivity index is 4.16. The zero-order valence-electron chi connectivity index (χ0n) is 9.91. The van der Waals surface area contributed by atoms with Crippen LogP contribution in [0.4, 0.5) is 0 Å². The van der Waals surface area contributed by atoms with E-state index in [4.69, 9.17) is 5.11 Å². The number of rotatable bonds is 6. The standard InChI is InChI=1S/C11H21NO3/c1-7(2)5-9(11(14)15)12-10(13)6-8(3)4/h7-9H,5-6H2,1-4H3,(H,12,13)(H,14,15)/t9-/m0/s1. The zero-order valence-corrected chi connectivity index (χ0v) is 9.91. The molecule has 0 spiro atoms. The van der Waals surface area contributed by atoms with E-state index in [1.54, 1.807) is 0 Å². The lowest BCUT2D eigenvalue weighted by Crippen LogP contribution is -2.41. The predicted molar refractivity (Wildman–Crippen MR) is 58.5 cm³/mol. The van der Waals surface area contributed by atoms with Crippen molar-refractivity contribution in [1.29, 1.82) is 0 Å². The third-order valence-corrected chi connectivity index (χ3v) is 1.93. The molecule has 2 N–H and O–H groups in total. The average Bonchev–Trinajstić information content (AvgIpc) is 1.99. The quantitative estimate of drug-likeness (QED) is 0.708. The second-order valence-electron chi connectivity index (χ2n) is 4.69. The lowest BCUT2D eigenvalue weighted by molar-refractivity contribution is -0.142. The fourth-order valence-corrected chi connectivity index (χ4v) is 1.32. The number of nitrogens with one attached hydrogen (secondary N) is 1. The lowest BCUT2D eigenvalue weighted by Gasteiger charge is -2.17. The molecule has 0 aliphatic rings. The highest BCUT2D eigenvalue weighted by molar-refractivity contribution is 5.83. The molecule has 15 heavy (non-hydrogen) atoms. The van der Waals surface area contributed by atoms with Crippen molar-refractivity contribution in [2.24, 2.45) is 11.8 Å². The van der Waals surface area contributed by atoms with Crippen LogP contribution in [0.25, 0.3) is 0 Å². The Morgan fingerprint density at radius 1 is 1.13 bits per heavy atom.